The number of ether oxygens (including phenoxy) is 1. The van der Waals surface area contributed by atoms with E-state index in [1.54, 1.807) is 6.07 Å². The highest BCUT2D eigenvalue weighted by Gasteiger charge is 2.23. The van der Waals surface area contributed by atoms with E-state index in [4.69, 9.17) is 4.74 Å². The molecule has 0 aromatic heterocycles. The van der Waals surface area contributed by atoms with Gasteiger partial charge in [-0.3, -0.25) is 0 Å². The normalized spacial score (nSPS) is 18.6. The fraction of sp³-hybridized carbons (Fsp3) is 0.571. The Morgan fingerprint density at radius 2 is 2.29 bits per heavy atom. The van der Waals surface area contributed by atoms with Crippen LogP contribution in [0.3, 0.4) is 0 Å². The van der Waals surface area contributed by atoms with Crippen molar-refractivity contribution in [3.8, 4) is 5.75 Å². The first-order valence-corrected chi connectivity index (χ1v) is 6.47. The van der Waals surface area contributed by atoms with E-state index in [-0.39, 0.29) is 11.9 Å². The van der Waals surface area contributed by atoms with Crippen molar-refractivity contribution in [2.45, 2.75) is 38.6 Å². The van der Waals surface area contributed by atoms with Crippen LogP contribution in [0.5, 0.6) is 5.75 Å². The van der Waals surface area contributed by atoms with Gasteiger partial charge in [-0.2, -0.15) is 0 Å². The molecule has 0 radical (unpaired) electrons. The van der Waals surface area contributed by atoms with Crippen molar-refractivity contribution in [2.75, 3.05) is 13.2 Å². The zero-order valence-electron chi connectivity index (χ0n) is 10.3. The minimum Gasteiger partial charge on any atom is -0.490 e. The van der Waals surface area contributed by atoms with E-state index < -0.39 is 0 Å². The first kappa shape index (κ1) is 12.4. The summed E-state index contributed by atoms with van der Waals surface area (Å²) in [7, 11) is 0. The Labute approximate surface area is 102 Å². The van der Waals surface area contributed by atoms with Crippen LogP contribution in [-0.2, 0) is 0 Å². The summed E-state index contributed by atoms with van der Waals surface area (Å²) in [6.45, 7) is 3.78. The first-order valence-electron chi connectivity index (χ1n) is 6.47. The molecule has 0 bridgehead atoms. The van der Waals surface area contributed by atoms with Crippen molar-refractivity contribution in [1.29, 1.82) is 0 Å². The fourth-order valence-electron chi connectivity index (χ4n) is 2.25. The third kappa shape index (κ3) is 2.97. The largest absolute Gasteiger partial charge is 0.490 e. The van der Waals surface area contributed by atoms with E-state index in [9.17, 15) is 4.39 Å². The standard InChI is InChI=1S/C14H20FNO/c1-2-3-4-9-16-13-8-10-17-14-11(13)6-5-7-12(14)15/h5-7,13,16H,2-4,8-10H2,1H3. The summed E-state index contributed by atoms with van der Waals surface area (Å²) < 4.78 is 18.9. The molecule has 17 heavy (non-hydrogen) atoms. The molecule has 2 rings (SSSR count). The number of rotatable bonds is 5. The predicted octanol–water partition coefficient (Wildman–Crippen LogP) is 3.43. The van der Waals surface area contributed by atoms with Crippen LogP contribution in [0.1, 0.15) is 44.2 Å². The highest BCUT2D eigenvalue weighted by atomic mass is 19.1. The molecule has 94 valence electrons. The molecule has 1 N–H and O–H groups in total. The van der Waals surface area contributed by atoms with E-state index in [2.05, 4.69) is 12.2 Å². The van der Waals surface area contributed by atoms with Gasteiger partial charge in [0.25, 0.3) is 0 Å². The SMILES string of the molecule is CCCCCNC1CCOc2c(F)cccc21. The Kier molecular flexibility index (Phi) is 4.37. The van der Waals surface area contributed by atoms with Crippen molar-refractivity contribution in [1.82, 2.24) is 5.32 Å². The molecule has 1 aromatic carbocycles. The fourth-order valence-corrected chi connectivity index (χ4v) is 2.25. The number of fused-ring (bicyclic) bond motifs is 1. The predicted molar refractivity (Wildman–Crippen MR) is 66.8 cm³/mol. The molecule has 1 atom stereocenters. The molecule has 0 aliphatic carbocycles. The number of hydrogen-bond acceptors (Lipinski definition) is 2. The van der Waals surface area contributed by atoms with Crippen LogP contribution in [0.4, 0.5) is 4.39 Å². The molecular weight excluding hydrogens is 217 g/mol. The second kappa shape index (κ2) is 6.01. The number of benzene rings is 1. The Balaban J connectivity index is 1.99. The molecule has 0 spiro atoms. The smallest absolute Gasteiger partial charge is 0.165 e. The number of nitrogens with one attached hydrogen (secondary N) is 1. The molecule has 1 aromatic rings. The number of hydrogen-bond donors (Lipinski definition) is 1. The third-order valence-corrected chi connectivity index (χ3v) is 3.20. The number of halogens is 1. The van der Waals surface area contributed by atoms with Crippen LogP contribution >= 0.6 is 0 Å². The van der Waals surface area contributed by atoms with Gasteiger partial charge < -0.3 is 10.1 Å². The molecule has 3 heteroatoms. The van der Waals surface area contributed by atoms with Gasteiger partial charge in [0.15, 0.2) is 11.6 Å². The maximum Gasteiger partial charge on any atom is 0.165 e. The van der Waals surface area contributed by atoms with Gasteiger partial charge in [-0.1, -0.05) is 31.9 Å². The van der Waals surface area contributed by atoms with Gasteiger partial charge in [0.2, 0.25) is 0 Å². The molecule has 2 nitrogen and oxygen atoms in total. The number of unbranched alkanes of at least 4 members (excludes halogenated alkanes) is 2. The lowest BCUT2D eigenvalue weighted by molar-refractivity contribution is 0.240. The van der Waals surface area contributed by atoms with Gasteiger partial charge in [0.05, 0.1) is 6.61 Å². The van der Waals surface area contributed by atoms with Gasteiger partial charge in [-0.25, -0.2) is 4.39 Å². The van der Waals surface area contributed by atoms with Crippen molar-refractivity contribution in [3.63, 3.8) is 0 Å². The molecule has 0 fully saturated rings. The Morgan fingerprint density at radius 1 is 1.41 bits per heavy atom. The first-order chi connectivity index (χ1) is 8.33. The van der Waals surface area contributed by atoms with E-state index in [0.29, 0.717) is 12.4 Å². The van der Waals surface area contributed by atoms with Crippen LogP contribution in [0.2, 0.25) is 0 Å². The van der Waals surface area contributed by atoms with Gasteiger partial charge in [-0.15, -0.1) is 0 Å². The molecule has 0 amide bonds. The van der Waals surface area contributed by atoms with Gasteiger partial charge in [0.1, 0.15) is 0 Å². The summed E-state index contributed by atoms with van der Waals surface area (Å²) in [5, 5.41) is 3.49. The Hall–Kier alpha value is -1.09. The average molecular weight is 237 g/mol. The summed E-state index contributed by atoms with van der Waals surface area (Å²) in [4.78, 5) is 0. The Bertz CT molecular complexity index is 367. The lowest BCUT2D eigenvalue weighted by atomic mass is 10.00. The molecule has 1 aliphatic rings. The average Bonchev–Trinajstić information content (AvgIpc) is 2.36. The van der Waals surface area contributed by atoms with Crippen LogP contribution < -0.4 is 10.1 Å². The lowest BCUT2D eigenvalue weighted by Gasteiger charge is -2.27. The maximum atomic E-state index is 13.5. The van der Waals surface area contributed by atoms with Crippen LogP contribution in [0.15, 0.2) is 18.2 Å². The summed E-state index contributed by atoms with van der Waals surface area (Å²) >= 11 is 0. The summed E-state index contributed by atoms with van der Waals surface area (Å²) in [5.41, 5.74) is 0.966. The molecular formula is C14H20FNO. The second-order valence-corrected chi connectivity index (χ2v) is 4.51. The highest BCUT2D eigenvalue weighted by molar-refractivity contribution is 5.38. The van der Waals surface area contributed by atoms with Crippen molar-refractivity contribution < 1.29 is 9.13 Å². The van der Waals surface area contributed by atoms with E-state index in [1.807, 2.05) is 6.07 Å². The third-order valence-electron chi connectivity index (χ3n) is 3.20. The summed E-state index contributed by atoms with van der Waals surface area (Å²) in [6, 6.07) is 5.41. The minimum absolute atomic E-state index is 0.242. The van der Waals surface area contributed by atoms with Crippen molar-refractivity contribution in [3.05, 3.63) is 29.6 Å². The zero-order chi connectivity index (χ0) is 12.1. The minimum atomic E-state index is -0.248. The molecule has 0 saturated carbocycles. The van der Waals surface area contributed by atoms with E-state index in [0.717, 1.165) is 18.5 Å². The topological polar surface area (TPSA) is 21.3 Å². The van der Waals surface area contributed by atoms with E-state index in [1.165, 1.54) is 25.3 Å². The lowest BCUT2D eigenvalue weighted by Crippen LogP contribution is -2.28. The molecule has 0 saturated heterocycles. The van der Waals surface area contributed by atoms with Crippen LogP contribution in [0.25, 0.3) is 0 Å². The summed E-state index contributed by atoms with van der Waals surface area (Å²) in [5.74, 6) is 0.189. The van der Waals surface area contributed by atoms with Gasteiger partial charge in [-0.05, 0) is 19.0 Å². The Morgan fingerprint density at radius 3 is 3.12 bits per heavy atom. The van der Waals surface area contributed by atoms with Crippen molar-refractivity contribution in [2.24, 2.45) is 0 Å². The van der Waals surface area contributed by atoms with Gasteiger partial charge in [0, 0.05) is 18.0 Å². The second-order valence-electron chi connectivity index (χ2n) is 4.51. The zero-order valence-corrected chi connectivity index (χ0v) is 10.3. The molecule has 1 unspecified atom stereocenters. The summed E-state index contributed by atoms with van der Waals surface area (Å²) in [6.07, 6.45) is 4.56. The van der Waals surface area contributed by atoms with Crippen molar-refractivity contribution >= 4 is 0 Å². The number of para-hydroxylation sites is 1. The van der Waals surface area contributed by atoms with Crippen LogP contribution in [0, 0.1) is 5.82 Å². The molecule has 1 heterocycles. The maximum absolute atomic E-state index is 13.5. The quantitative estimate of drug-likeness (QED) is 0.792. The van der Waals surface area contributed by atoms with Crippen LogP contribution in [-0.4, -0.2) is 13.2 Å². The highest BCUT2D eigenvalue weighted by Crippen LogP contribution is 2.33. The molecule has 1 aliphatic heterocycles. The van der Waals surface area contributed by atoms with E-state index >= 15 is 0 Å². The van der Waals surface area contributed by atoms with Gasteiger partial charge >= 0.3 is 0 Å². The monoisotopic (exact) mass is 237 g/mol.